The van der Waals surface area contributed by atoms with Gasteiger partial charge in [0, 0.05) is 19.1 Å². The second-order valence-electron chi connectivity index (χ2n) is 7.00. The minimum Gasteiger partial charge on any atom is -0.460 e. The van der Waals surface area contributed by atoms with Crippen molar-refractivity contribution in [1.29, 1.82) is 0 Å². The summed E-state index contributed by atoms with van der Waals surface area (Å²) < 4.78 is 10.3. The molecule has 1 aromatic carbocycles. The number of carbonyl (C=O) groups is 1. The van der Waals surface area contributed by atoms with Crippen LogP contribution in [0.2, 0.25) is 0 Å². The van der Waals surface area contributed by atoms with E-state index in [1.165, 1.54) is 5.56 Å². The van der Waals surface area contributed by atoms with E-state index < -0.39 is 5.97 Å². The number of hydrogen-bond donors (Lipinski definition) is 1. The number of rotatable bonds is 9. The summed E-state index contributed by atoms with van der Waals surface area (Å²) >= 11 is 0. The molecule has 0 amide bonds. The third kappa shape index (κ3) is 5.08. The number of nitrogens with zero attached hydrogens (tertiary/aromatic N) is 4. The summed E-state index contributed by atoms with van der Waals surface area (Å²) in [6, 6.07) is 10.5. The Labute approximate surface area is 170 Å². The maximum atomic E-state index is 12.1. The lowest BCUT2D eigenvalue weighted by molar-refractivity contribution is 0.0512. The molecule has 2 aromatic heterocycles. The summed E-state index contributed by atoms with van der Waals surface area (Å²) in [5, 5.41) is 8.11. The predicted octanol–water partition coefficient (Wildman–Crippen LogP) is 3.43. The van der Waals surface area contributed by atoms with Crippen LogP contribution in [0.4, 0.5) is 5.82 Å². The number of fused-ring (bicyclic) bond motifs is 1. The average molecular weight is 397 g/mol. The lowest BCUT2D eigenvalue weighted by Crippen LogP contribution is -2.34. The zero-order valence-corrected chi connectivity index (χ0v) is 17.3. The van der Waals surface area contributed by atoms with E-state index in [0.29, 0.717) is 16.9 Å². The Hall–Kier alpha value is -3.00. The van der Waals surface area contributed by atoms with Crippen molar-refractivity contribution < 1.29 is 14.1 Å². The van der Waals surface area contributed by atoms with Crippen LogP contribution in [0, 0.1) is 6.92 Å². The molecule has 154 valence electrons. The highest BCUT2D eigenvalue weighted by Crippen LogP contribution is 2.25. The van der Waals surface area contributed by atoms with Gasteiger partial charge in [-0.1, -0.05) is 42.4 Å². The molecular weight excluding hydrogens is 370 g/mol. The van der Waals surface area contributed by atoms with Gasteiger partial charge in [0.1, 0.15) is 11.2 Å². The fourth-order valence-corrected chi connectivity index (χ4v) is 3.19. The van der Waals surface area contributed by atoms with Crippen molar-refractivity contribution >= 4 is 22.9 Å². The Morgan fingerprint density at radius 3 is 2.69 bits per heavy atom. The Bertz CT molecular complexity index is 958. The molecule has 29 heavy (non-hydrogen) atoms. The summed E-state index contributed by atoms with van der Waals surface area (Å²) in [6.45, 7) is 7.57. The number of benzene rings is 1. The molecule has 0 spiro atoms. The van der Waals surface area contributed by atoms with E-state index in [9.17, 15) is 4.79 Å². The Kier molecular flexibility index (Phi) is 6.77. The summed E-state index contributed by atoms with van der Waals surface area (Å²) in [6.07, 6.45) is 0.879. The van der Waals surface area contributed by atoms with Crippen molar-refractivity contribution in [3.05, 3.63) is 47.4 Å². The maximum absolute atomic E-state index is 12.1. The topological polar surface area (TPSA) is 93.4 Å². The third-order valence-electron chi connectivity index (χ3n) is 4.63. The third-order valence-corrected chi connectivity index (χ3v) is 4.63. The fourth-order valence-electron chi connectivity index (χ4n) is 3.19. The largest absolute Gasteiger partial charge is 0.460 e. The van der Waals surface area contributed by atoms with Gasteiger partial charge in [-0.3, -0.25) is 0 Å². The highest BCUT2D eigenvalue weighted by atomic mass is 16.5. The van der Waals surface area contributed by atoms with Crippen molar-refractivity contribution in [1.82, 2.24) is 20.0 Å². The van der Waals surface area contributed by atoms with Gasteiger partial charge in [-0.25, -0.2) is 9.78 Å². The van der Waals surface area contributed by atoms with Crippen LogP contribution < -0.4 is 5.32 Å². The number of nitrogens with one attached hydrogen (secondary N) is 1. The van der Waals surface area contributed by atoms with Crippen LogP contribution in [-0.2, 0) is 11.3 Å². The van der Waals surface area contributed by atoms with Crippen LogP contribution >= 0.6 is 0 Å². The molecule has 8 nitrogen and oxygen atoms in total. The zero-order chi connectivity index (χ0) is 20.8. The normalized spacial score (nSPS) is 12.3. The van der Waals surface area contributed by atoms with E-state index in [4.69, 9.17) is 9.26 Å². The van der Waals surface area contributed by atoms with Crippen LogP contribution in [0.3, 0.4) is 0 Å². The molecule has 1 unspecified atom stereocenters. The number of likely N-dealkylation sites (N-methyl/N-ethyl adjacent to an activating group) is 1. The number of ether oxygens (including phenoxy) is 1. The number of carbonyl (C=O) groups excluding carboxylic acids is 1. The molecule has 1 N–H and O–H groups in total. The molecule has 0 fully saturated rings. The number of anilines is 1. The number of hydrogen-bond acceptors (Lipinski definition) is 8. The van der Waals surface area contributed by atoms with E-state index in [1.807, 2.05) is 25.1 Å². The minimum atomic E-state index is -0.583. The lowest BCUT2D eigenvalue weighted by atomic mass is 10.1. The lowest BCUT2D eigenvalue weighted by Gasteiger charge is -2.25. The molecule has 0 aliphatic rings. The monoisotopic (exact) mass is 397 g/mol. The number of aryl methyl sites for hydroxylation is 1. The first-order valence-corrected chi connectivity index (χ1v) is 9.81. The van der Waals surface area contributed by atoms with Crippen molar-refractivity contribution in [3.8, 4) is 0 Å². The predicted molar refractivity (Wildman–Crippen MR) is 111 cm³/mol. The zero-order valence-electron chi connectivity index (χ0n) is 17.3. The molecule has 0 bridgehead atoms. The molecule has 3 rings (SSSR count). The van der Waals surface area contributed by atoms with E-state index in [-0.39, 0.29) is 24.2 Å². The number of aromatic nitrogens is 3. The van der Waals surface area contributed by atoms with Crippen LogP contribution in [0.1, 0.15) is 42.1 Å². The van der Waals surface area contributed by atoms with E-state index in [1.54, 1.807) is 6.92 Å². The van der Waals surface area contributed by atoms with Gasteiger partial charge in [0.15, 0.2) is 0 Å². The van der Waals surface area contributed by atoms with E-state index in [2.05, 4.69) is 51.4 Å². The van der Waals surface area contributed by atoms with Gasteiger partial charge < -0.3 is 19.5 Å². The van der Waals surface area contributed by atoms with Gasteiger partial charge in [-0.05, 0) is 32.9 Å². The molecule has 3 aromatic rings. The summed E-state index contributed by atoms with van der Waals surface area (Å²) in [4.78, 5) is 23.0. The van der Waals surface area contributed by atoms with Crippen LogP contribution in [0.15, 0.2) is 34.9 Å². The molecule has 0 aliphatic carbocycles. The summed E-state index contributed by atoms with van der Waals surface area (Å²) in [5.41, 5.74) is 2.20. The quantitative estimate of drug-likeness (QED) is 0.549. The Morgan fingerprint density at radius 2 is 2.00 bits per heavy atom. The second-order valence-corrected chi connectivity index (χ2v) is 7.00. The SMILES string of the molecule is CCOC(=O)c1nc(NC(CC)CN(C)Cc2ccccc2)c2c(C)noc2n1. The molecule has 0 saturated carbocycles. The van der Waals surface area contributed by atoms with Crippen molar-refractivity contribution in [2.24, 2.45) is 0 Å². The van der Waals surface area contributed by atoms with E-state index in [0.717, 1.165) is 19.5 Å². The smallest absolute Gasteiger partial charge is 0.376 e. The second kappa shape index (κ2) is 9.47. The molecule has 0 saturated heterocycles. The van der Waals surface area contributed by atoms with Crippen molar-refractivity contribution in [2.45, 2.75) is 39.8 Å². The van der Waals surface area contributed by atoms with E-state index >= 15 is 0 Å². The highest BCUT2D eigenvalue weighted by molar-refractivity contribution is 5.93. The molecular formula is C21H27N5O3. The summed E-state index contributed by atoms with van der Waals surface area (Å²) in [7, 11) is 2.08. The van der Waals surface area contributed by atoms with Gasteiger partial charge in [-0.15, -0.1) is 0 Å². The van der Waals surface area contributed by atoms with Gasteiger partial charge >= 0.3 is 5.97 Å². The first-order valence-electron chi connectivity index (χ1n) is 9.81. The van der Waals surface area contributed by atoms with Crippen molar-refractivity contribution in [3.63, 3.8) is 0 Å². The van der Waals surface area contributed by atoms with Crippen LogP contribution in [0.5, 0.6) is 0 Å². The molecule has 8 heteroatoms. The molecule has 2 heterocycles. The Balaban J connectivity index is 1.80. The highest BCUT2D eigenvalue weighted by Gasteiger charge is 2.21. The molecule has 0 radical (unpaired) electrons. The minimum absolute atomic E-state index is 0.0366. The number of esters is 1. The van der Waals surface area contributed by atoms with Gasteiger partial charge in [0.05, 0.1) is 12.3 Å². The first kappa shape index (κ1) is 20.7. The van der Waals surface area contributed by atoms with Gasteiger partial charge in [-0.2, -0.15) is 4.98 Å². The standard InChI is InChI=1S/C21H27N5O3/c1-5-16(13-26(4)12-15-10-8-7-9-11-15)22-18-17-14(3)25-29-20(17)24-19(23-18)21(27)28-6-2/h7-11,16H,5-6,12-13H2,1-4H3,(H,22,23,24). The van der Waals surface area contributed by atoms with Crippen LogP contribution in [0.25, 0.3) is 11.1 Å². The molecule has 1 atom stereocenters. The first-order chi connectivity index (χ1) is 14.0. The van der Waals surface area contributed by atoms with Gasteiger partial charge in [0.25, 0.3) is 5.71 Å². The maximum Gasteiger partial charge on any atom is 0.376 e. The van der Waals surface area contributed by atoms with Crippen LogP contribution in [-0.4, -0.2) is 52.2 Å². The molecule has 0 aliphatic heterocycles. The average Bonchev–Trinajstić information content (AvgIpc) is 3.09. The van der Waals surface area contributed by atoms with Gasteiger partial charge in [0.2, 0.25) is 5.82 Å². The fraction of sp³-hybridized carbons (Fsp3) is 0.429. The van der Waals surface area contributed by atoms with Crippen molar-refractivity contribution in [2.75, 3.05) is 25.5 Å². The Morgan fingerprint density at radius 1 is 1.24 bits per heavy atom. The summed E-state index contributed by atoms with van der Waals surface area (Å²) in [5.74, 6) is -0.0806.